The third kappa shape index (κ3) is 5.05. The van der Waals surface area contributed by atoms with E-state index in [-0.39, 0.29) is 24.0 Å². The molecule has 0 unspecified atom stereocenters. The second kappa shape index (κ2) is 6.27. The van der Waals surface area contributed by atoms with Gasteiger partial charge in [0.15, 0.2) is 0 Å². The molecule has 0 radical (unpaired) electrons. The highest BCUT2D eigenvalue weighted by Crippen LogP contribution is 2.28. The first-order valence-corrected chi connectivity index (χ1v) is 4.79. The Hall–Kier alpha value is 0.730. The molecule has 0 N–H and O–H groups in total. The Bertz CT molecular complexity index is 82.9. The van der Waals surface area contributed by atoms with Crippen LogP contribution < -0.4 is 0 Å². The minimum absolute atomic E-state index is 0. The third-order valence-electron chi connectivity index (χ3n) is 2.53. The van der Waals surface area contributed by atoms with Gasteiger partial charge in [0.2, 0.25) is 0 Å². The van der Waals surface area contributed by atoms with Gasteiger partial charge < -0.3 is 0 Å². The van der Waals surface area contributed by atoms with E-state index in [1.54, 1.807) is 0 Å². The average Bonchev–Trinajstić information content (AvgIpc) is 1.88. The van der Waals surface area contributed by atoms with E-state index in [1.807, 2.05) is 0 Å². The van der Waals surface area contributed by atoms with Crippen LogP contribution in [-0.4, -0.2) is 0 Å². The molecule has 0 aromatic heterocycles. The van der Waals surface area contributed by atoms with Crippen molar-refractivity contribution < 1.29 is 0 Å². The molecule has 1 aliphatic carbocycles. The molecule has 0 aromatic carbocycles. The second-order valence-electron chi connectivity index (χ2n) is 4.13. The van der Waals surface area contributed by atoms with Crippen LogP contribution in [0.15, 0.2) is 0 Å². The minimum Gasteiger partial charge on any atom is -0.107 e. The fourth-order valence-corrected chi connectivity index (χ4v) is 2.09. The summed E-state index contributed by atoms with van der Waals surface area (Å²) < 4.78 is 0. The maximum absolute atomic E-state index is 2.34. The van der Waals surface area contributed by atoms with Crippen LogP contribution in [-0.2, 0) is 0 Å². The summed E-state index contributed by atoms with van der Waals surface area (Å²) in [5, 5.41) is 0. The van der Waals surface area contributed by atoms with Crippen molar-refractivity contribution in [1.82, 2.24) is 0 Å². The lowest BCUT2D eigenvalue weighted by molar-refractivity contribution is 0.305. The quantitative estimate of drug-likeness (QED) is 0.657. The molecule has 1 heteroatoms. The highest BCUT2D eigenvalue weighted by Gasteiger charge is 2.13. The molecule has 1 rings (SSSR count). The number of hydrogen-bond acceptors (Lipinski definition) is 0. The molecule has 0 amide bonds. The van der Waals surface area contributed by atoms with Crippen molar-refractivity contribution in [3.63, 3.8) is 0 Å². The molecule has 1 aliphatic rings. The predicted octanol–water partition coefficient (Wildman–Crippen LogP) is 4.23. The van der Waals surface area contributed by atoms with Crippen LogP contribution in [0.4, 0.5) is 0 Å². The Kier molecular flexibility index (Phi) is 6.68. The Balaban J connectivity index is 0.000001000. The summed E-state index contributed by atoms with van der Waals surface area (Å²) in [6.07, 6.45) is 8.99. The molecule has 0 atom stereocenters. The van der Waals surface area contributed by atoms with Crippen molar-refractivity contribution in [2.24, 2.45) is 11.8 Å². The summed E-state index contributed by atoms with van der Waals surface area (Å²) >= 11 is 0. The zero-order chi connectivity index (χ0) is 7.40. The summed E-state index contributed by atoms with van der Waals surface area (Å²) in [4.78, 5) is 0. The van der Waals surface area contributed by atoms with Crippen molar-refractivity contribution in [2.75, 3.05) is 0 Å². The largest absolute Gasteiger partial charge is 0.107 e. The number of hydrogen-bond donors (Lipinski definition) is 0. The molecule has 1 saturated carbocycles. The summed E-state index contributed by atoms with van der Waals surface area (Å²) in [6, 6.07) is 0. The summed E-state index contributed by atoms with van der Waals surface area (Å²) in [6.45, 7) is 4.68. The summed E-state index contributed by atoms with van der Waals surface area (Å²) in [5.41, 5.74) is 0. The average molecular weight is 268 g/mol. The van der Waals surface area contributed by atoms with Gasteiger partial charge >= 0.3 is 0 Å². The standard InChI is InChI=1S/C10H20.HI/c1-9(2)8-10-6-4-3-5-7-10;/h9-10H,3-8H2,1-2H3;1H. The Morgan fingerprint density at radius 1 is 1.09 bits per heavy atom. The van der Waals surface area contributed by atoms with Gasteiger partial charge in [0.05, 0.1) is 0 Å². The van der Waals surface area contributed by atoms with Crippen LogP contribution >= 0.6 is 24.0 Å². The van der Waals surface area contributed by atoms with Crippen LogP contribution in [0.1, 0.15) is 52.4 Å². The Morgan fingerprint density at radius 2 is 1.64 bits per heavy atom. The van der Waals surface area contributed by atoms with Crippen LogP contribution in [0, 0.1) is 11.8 Å². The van der Waals surface area contributed by atoms with Gasteiger partial charge in [0.1, 0.15) is 0 Å². The molecule has 68 valence electrons. The van der Waals surface area contributed by atoms with Crippen LogP contribution in [0.5, 0.6) is 0 Å². The number of rotatable bonds is 2. The third-order valence-corrected chi connectivity index (χ3v) is 2.53. The van der Waals surface area contributed by atoms with Crippen LogP contribution in [0.2, 0.25) is 0 Å². The maximum Gasteiger partial charge on any atom is -0.0412 e. The van der Waals surface area contributed by atoms with Gasteiger partial charge in [-0.25, -0.2) is 0 Å². The van der Waals surface area contributed by atoms with E-state index in [4.69, 9.17) is 0 Å². The molecule has 0 heterocycles. The van der Waals surface area contributed by atoms with Gasteiger partial charge in [-0.05, 0) is 18.3 Å². The van der Waals surface area contributed by atoms with E-state index < -0.39 is 0 Å². The van der Waals surface area contributed by atoms with E-state index >= 15 is 0 Å². The van der Waals surface area contributed by atoms with Crippen molar-refractivity contribution in [2.45, 2.75) is 52.4 Å². The lowest BCUT2D eigenvalue weighted by Gasteiger charge is -2.22. The van der Waals surface area contributed by atoms with Gasteiger partial charge in [0.25, 0.3) is 0 Å². The molecule has 0 bridgehead atoms. The Labute approximate surface area is 88.2 Å². The fourth-order valence-electron chi connectivity index (χ4n) is 2.09. The zero-order valence-corrected chi connectivity index (χ0v) is 10.1. The van der Waals surface area contributed by atoms with Gasteiger partial charge in [-0.1, -0.05) is 46.0 Å². The lowest BCUT2D eigenvalue weighted by Crippen LogP contribution is -2.08. The monoisotopic (exact) mass is 268 g/mol. The first-order valence-electron chi connectivity index (χ1n) is 4.79. The molecule has 11 heavy (non-hydrogen) atoms. The highest BCUT2D eigenvalue weighted by molar-refractivity contribution is 14.0. The Morgan fingerprint density at radius 3 is 2.09 bits per heavy atom. The van der Waals surface area contributed by atoms with E-state index in [9.17, 15) is 0 Å². The van der Waals surface area contributed by atoms with E-state index in [0.717, 1.165) is 11.8 Å². The van der Waals surface area contributed by atoms with Gasteiger partial charge in [-0.2, -0.15) is 0 Å². The summed E-state index contributed by atoms with van der Waals surface area (Å²) in [7, 11) is 0. The minimum atomic E-state index is 0. The molecule has 0 nitrogen and oxygen atoms in total. The molecule has 1 fully saturated rings. The second-order valence-corrected chi connectivity index (χ2v) is 4.13. The van der Waals surface area contributed by atoms with E-state index in [1.165, 1.54) is 38.5 Å². The van der Waals surface area contributed by atoms with Crippen molar-refractivity contribution in [3.8, 4) is 0 Å². The first kappa shape index (κ1) is 11.7. The molecule has 0 aromatic rings. The first-order chi connectivity index (χ1) is 4.79. The molecular weight excluding hydrogens is 247 g/mol. The molecule has 0 saturated heterocycles. The maximum atomic E-state index is 2.34. The van der Waals surface area contributed by atoms with Crippen LogP contribution in [0.25, 0.3) is 0 Å². The van der Waals surface area contributed by atoms with Gasteiger partial charge in [-0.3, -0.25) is 0 Å². The van der Waals surface area contributed by atoms with Crippen molar-refractivity contribution in [1.29, 1.82) is 0 Å². The molecular formula is C10H21I. The molecule has 0 aliphatic heterocycles. The smallest absolute Gasteiger partial charge is 0.0412 e. The predicted molar refractivity (Wildman–Crippen MR) is 61.4 cm³/mol. The normalized spacial score (nSPS) is 19.9. The van der Waals surface area contributed by atoms with Crippen molar-refractivity contribution in [3.05, 3.63) is 0 Å². The highest BCUT2D eigenvalue weighted by atomic mass is 127. The fraction of sp³-hybridized carbons (Fsp3) is 1.00. The SMILES string of the molecule is CC(C)CC1CCCCC1.I. The summed E-state index contributed by atoms with van der Waals surface area (Å²) in [5.74, 6) is 2.00. The van der Waals surface area contributed by atoms with Gasteiger partial charge in [-0.15, -0.1) is 24.0 Å². The van der Waals surface area contributed by atoms with Crippen LogP contribution in [0.3, 0.4) is 0 Å². The lowest BCUT2D eigenvalue weighted by atomic mass is 9.84. The number of halogens is 1. The van der Waals surface area contributed by atoms with Crippen molar-refractivity contribution >= 4 is 24.0 Å². The topological polar surface area (TPSA) is 0 Å². The zero-order valence-electron chi connectivity index (χ0n) is 7.81. The molecule has 0 spiro atoms. The van der Waals surface area contributed by atoms with Gasteiger partial charge in [0, 0.05) is 0 Å². The van der Waals surface area contributed by atoms with E-state index in [0.29, 0.717) is 0 Å². The van der Waals surface area contributed by atoms with E-state index in [2.05, 4.69) is 13.8 Å².